The molecule has 5 rings (SSSR count). The summed E-state index contributed by atoms with van der Waals surface area (Å²) >= 11 is 0. The maximum Gasteiger partial charge on any atom is 0.416 e. The summed E-state index contributed by atoms with van der Waals surface area (Å²) in [6.07, 6.45) is -2.89. The van der Waals surface area contributed by atoms with E-state index in [-0.39, 0.29) is 18.0 Å². The zero-order valence-electron chi connectivity index (χ0n) is 21.1. The van der Waals surface area contributed by atoms with E-state index in [9.17, 15) is 22.8 Å². The first-order chi connectivity index (χ1) is 19.2. The number of ether oxygens (including phenoxy) is 1. The normalized spacial score (nSPS) is 13.0. The number of benzene rings is 3. The van der Waals surface area contributed by atoms with E-state index in [1.165, 1.54) is 12.1 Å². The Morgan fingerprint density at radius 2 is 1.75 bits per heavy atom. The van der Waals surface area contributed by atoms with Gasteiger partial charge in [0.05, 0.1) is 37.5 Å². The van der Waals surface area contributed by atoms with E-state index in [1.54, 1.807) is 42.3 Å². The number of urea groups is 1. The molecule has 3 N–H and O–H groups in total. The van der Waals surface area contributed by atoms with Crippen LogP contribution in [-0.2, 0) is 17.5 Å². The second-order valence-electron chi connectivity index (χ2n) is 8.90. The average molecular weight is 549 g/mol. The molecule has 3 amide bonds. The molecule has 4 aromatic rings. The topological polar surface area (TPSA) is 110 Å². The predicted molar refractivity (Wildman–Crippen MR) is 144 cm³/mol. The molecule has 1 aliphatic rings. The van der Waals surface area contributed by atoms with Gasteiger partial charge in [0, 0.05) is 11.4 Å². The molecule has 9 nitrogen and oxygen atoms in total. The summed E-state index contributed by atoms with van der Waals surface area (Å²) in [4.78, 5) is 29.9. The van der Waals surface area contributed by atoms with Gasteiger partial charge in [0.15, 0.2) is 5.82 Å². The Morgan fingerprint density at radius 1 is 1.02 bits per heavy atom. The van der Waals surface area contributed by atoms with Crippen LogP contribution in [-0.4, -0.2) is 34.5 Å². The molecule has 204 valence electrons. The number of nitrogens with zero attached hydrogens (tertiary/aromatic N) is 3. The first kappa shape index (κ1) is 26.5. The molecule has 0 unspecified atom stereocenters. The van der Waals surface area contributed by atoms with Crippen LogP contribution in [0.1, 0.15) is 23.1 Å². The molecule has 0 radical (unpaired) electrons. The van der Waals surface area contributed by atoms with Gasteiger partial charge in [-0.1, -0.05) is 24.3 Å². The van der Waals surface area contributed by atoms with Crippen molar-refractivity contribution in [3.63, 3.8) is 0 Å². The number of amides is 3. The van der Waals surface area contributed by atoms with Crippen molar-refractivity contribution in [2.75, 3.05) is 23.1 Å². The largest absolute Gasteiger partial charge is 0.497 e. The van der Waals surface area contributed by atoms with Crippen LogP contribution in [0.2, 0.25) is 0 Å². The molecule has 0 saturated heterocycles. The van der Waals surface area contributed by atoms with Crippen LogP contribution in [0.3, 0.4) is 0 Å². The Bertz CT molecular complexity index is 1580. The summed E-state index contributed by atoms with van der Waals surface area (Å²) in [5.41, 5.74) is 2.34. The van der Waals surface area contributed by atoms with Gasteiger partial charge in [0.2, 0.25) is 5.91 Å². The van der Waals surface area contributed by atoms with Crippen molar-refractivity contribution in [3.05, 3.63) is 95.7 Å². The molecule has 3 aromatic carbocycles. The Balaban J connectivity index is 1.31. The Kier molecular flexibility index (Phi) is 7.23. The minimum atomic E-state index is -4.46. The molecule has 1 aliphatic heterocycles. The number of carbonyl (C=O) groups is 2. The van der Waals surface area contributed by atoms with Gasteiger partial charge in [-0.05, 0) is 59.7 Å². The summed E-state index contributed by atoms with van der Waals surface area (Å²) in [6.45, 7) is 0.415. The van der Waals surface area contributed by atoms with Crippen molar-refractivity contribution in [2.45, 2.75) is 19.1 Å². The van der Waals surface area contributed by atoms with Crippen LogP contribution in [0.5, 0.6) is 5.75 Å². The third-order valence-corrected chi connectivity index (χ3v) is 6.08. The van der Waals surface area contributed by atoms with Crippen LogP contribution in [0.25, 0.3) is 0 Å². The second kappa shape index (κ2) is 10.9. The number of nitrogens with one attached hydrogen (secondary N) is 3. The van der Waals surface area contributed by atoms with E-state index >= 15 is 0 Å². The average Bonchev–Trinajstić information content (AvgIpc) is 3.19. The highest BCUT2D eigenvalue weighted by Crippen LogP contribution is 2.31. The van der Waals surface area contributed by atoms with E-state index in [0.29, 0.717) is 35.0 Å². The Hall–Kier alpha value is -5.13. The van der Waals surface area contributed by atoms with Gasteiger partial charge < -0.3 is 20.7 Å². The van der Waals surface area contributed by atoms with Gasteiger partial charge in [-0.2, -0.15) is 18.3 Å². The maximum absolute atomic E-state index is 12.8. The van der Waals surface area contributed by atoms with Gasteiger partial charge in [0.1, 0.15) is 11.4 Å². The van der Waals surface area contributed by atoms with Crippen LogP contribution in [0, 0.1) is 0 Å². The standard InChI is InChI=1S/C28H23F3N6O3/c1-40-22-11-5-17(6-12-22)16-37-26-24(15-32-37)35-23(14-25(38)36-26)18-3-2-4-21(13-18)34-27(39)33-20-9-7-19(8-10-20)28(29,30)31/h2-13,15H,14,16H2,1H3,(H,36,38)(H2,33,34,39). The van der Waals surface area contributed by atoms with E-state index in [1.807, 2.05) is 24.3 Å². The predicted octanol–water partition coefficient (Wildman–Crippen LogP) is 6.07. The highest BCUT2D eigenvalue weighted by Gasteiger charge is 2.30. The van der Waals surface area contributed by atoms with E-state index < -0.39 is 17.8 Å². The molecule has 0 fully saturated rings. The molecular formula is C28H23F3N6O3. The molecule has 0 aliphatic carbocycles. The first-order valence-corrected chi connectivity index (χ1v) is 12.1. The van der Waals surface area contributed by atoms with Crippen molar-refractivity contribution in [2.24, 2.45) is 4.99 Å². The third kappa shape index (κ3) is 6.12. The van der Waals surface area contributed by atoms with E-state index in [0.717, 1.165) is 23.4 Å². The van der Waals surface area contributed by atoms with Gasteiger partial charge in [-0.15, -0.1) is 0 Å². The molecule has 0 saturated carbocycles. The molecule has 0 bridgehead atoms. The number of carbonyl (C=O) groups excluding carboxylic acids is 2. The highest BCUT2D eigenvalue weighted by atomic mass is 19.4. The fourth-order valence-corrected chi connectivity index (χ4v) is 4.10. The molecule has 0 spiro atoms. The second-order valence-corrected chi connectivity index (χ2v) is 8.90. The lowest BCUT2D eigenvalue weighted by atomic mass is 10.1. The highest BCUT2D eigenvalue weighted by molar-refractivity contribution is 6.17. The van der Waals surface area contributed by atoms with Gasteiger partial charge in [-0.25, -0.2) is 14.5 Å². The summed E-state index contributed by atoms with van der Waals surface area (Å²) in [6, 6.07) is 17.7. The Labute approximate surface area is 226 Å². The van der Waals surface area contributed by atoms with Crippen molar-refractivity contribution in [1.29, 1.82) is 0 Å². The number of hydrogen-bond donors (Lipinski definition) is 3. The maximum atomic E-state index is 12.8. The quantitative estimate of drug-likeness (QED) is 0.272. The lowest BCUT2D eigenvalue weighted by molar-refractivity contribution is -0.137. The van der Waals surface area contributed by atoms with Crippen LogP contribution in [0.4, 0.5) is 40.8 Å². The number of halogens is 3. The lowest BCUT2D eigenvalue weighted by Gasteiger charge is -2.11. The molecule has 12 heteroatoms. The lowest BCUT2D eigenvalue weighted by Crippen LogP contribution is -2.20. The smallest absolute Gasteiger partial charge is 0.416 e. The van der Waals surface area contributed by atoms with Crippen molar-refractivity contribution in [1.82, 2.24) is 9.78 Å². The zero-order valence-corrected chi connectivity index (χ0v) is 21.1. The molecule has 2 heterocycles. The summed E-state index contributed by atoms with van der Waals surface area (Å²) in [7, 11) is 1.59. The van der Waals surface area contributed by atoms with Crippen LogP contribution in [0.15, 0.2) is 84.0 Å². The number of aromatic nitrogens is 2. The van der Waals surface area contributed by atoms with Crippen molar-refractivity contribution >= 4 is 40.5 Å². The van der Waals surface area contributed by atoms with E-state index in [4.69, 9.17) is 4.74 Å². The first-order valence-electron chi connectivity index (χ1n) is 12.1. The van der Waals surface area contributed by atoms with Gasteiger partial charge in [-0.3, -0.25) is 4.79 Å². The number of aliphatic imine (C=N–C) groups is 1. The third-order valence-electron chi connectivity index (χ3n) is 6.08. The van der Waals surface area contributed by atoms with Gasteiger partial charge >= 0.3 is 12.2 Å². The van der Waals surface area contributed by atoms with Crippen LogP contribution < -0.4 is 20.7 Å². The number of alkyl halides is 3. The van der Waals surface area contributed by atoms with E-state index in [2.05, 4.69) is 26.0 Å². The summed E-state index contributed by atoms with van der Waals surface area (Å²) < 4.78 is 45.1. The fourth-order valence-electron chi connectivity index (χ4n) is 4.10. The number of hydrogen-bond acceptors (Lipinski definition) is 5. The molecule has 40 heavy (non-hydrogen) atoms. The van der Waals surface area contributed by atoms with Crippen molar-refractivity contribution in [3.8, 4) is 5.75 Å². The minimum absolute atomic E-state index is 0.00157. The Morgan fingerprint density at radius 3 is 2.45 bits per heavy atom. The SMILES string of the molecule is COc1ccc(Cn2ncc3c2NC(=O)CC(c2cccc(NC(=O)Nc4ccc(C(F)(F)F)cc4)c2)=N3)cc1. The summed E-state index contributed by atoms with van der Waals surface area (Å²) in [5.74, 6) is 0.938. The zero-order chi connectivity index (χ0) is 28.3. The molecular weight excluding hydrogens is 525 g/mol. The van der Waals surface area contributed by atoms with Gasteiger partial charge in [0.25, 0.3) is 0 Å². The van der Waals surface area contributed by atoms with Crippen LogP contribution >= 0.6 is 0 Å². The number of fused-ring (bicyclic) bond motifs is 1. The number of rotatable bonds is 6. The molecule has 1 aromatic heterocycles. The van der Waals surface area contributed by atoms with Crippen molar-refractivity contribution < 1.29 is 27.5 Å². The fraction of sp³-hybridized carbons (Fsp3) is 0.143. The number of methoxy groups -OCH3 is 1. The molecule has 0 atom stereocenters. The number of anilines is 3. The minimum Gasteiger partial charge on any atom is -0.497 e. The monoisotopic (exact) mass is 548 g/mol. The summed E-state index contributed by atoms with van der Waals surface area (Å²) in [5, 5.41) is 12.4.